The first kappa shape index (κ1) is 27.5. The molecule has 2 saturated heterocycles. The molecule has 8 nitrogen and oxygen atoms in total. The van der Waals surface area contributed by atoms with Crippen LogP contribution in [-0.4, -0.2) is 81.7 Å². The molecule has 4 N–H and O–H groups in total. The average molecular weight is 527 g/mol. The summed E-state index contributed by atoms with van der Waals surface area (Å²) in [6.07, 6.45) is 3.93. The Hall–Kier alpha value is -2.56. The van der Waals surface area contributed by atoms with Crippen molar-refractivity contribution < 1.29 is 18.8 Å². The van der Waals surface area contributed by atoms with Gasteiger partial charge in [-0.1, -0.05) is 25.1 Å². The second-order valence-corrected chi connectivity index (χ2v) is 11.2. The third kappa shape index (κ3) is 6.30. The molecule has 2 fully saturated rings. The van der Waals surface area contributed by atoms with Gasteiger partial charge in [-0.15, -0.1) is 0 Å². The maximum atomic E-state index is 12.4. The van der Waals surface area contributed by atoms with Gasteiger partial charge < -0.3 is 20.6 Å². The number of piperidine rings is 1. The van der Waals surface area contributed by atoms with Gasteiger partial charge in [-0.25, -0.2) is 8.51 Å². The molecule has 200 valence electrons. The van der Waals surface area contributed by atoms with E-state index in [1.54, 1.807) is 0 Å². The van der Waals surface area contributed by atoms with Crippen molar-refractivity contribution in [2.75, 3.05) is 52.3 Å². The van der Waals surface area contributed by atoms with Gasteiger partial charge in [0.1, 0.15) is 0 Å². The van der Waals surface area contributed by atoms with E-state index in [4.69, 9.17) is 15.6 Å². The highest BCUT2D eigenvalue weighted by molar-refractivity contribution is 7.82. The molecule has 3 aromatic rings. The number of ether oxygens (including phenoxy) is 1. The van der Waals surface area contributed by atoms with E-state index in [0.717, 1.165) is 87.9 Å². The van der Waals surface area contributed by atoms with Crippen molar-refractivity contribution in [3.63, 3.8) is 0 Å². The SMILES string of the molecule is CCS(=O)N1CCC(c2c[nH]c3c(C(N)=O)cc(-c4cccc(CN5CCOCC5)c4)cc23)CC1.CO. The van der Waals surface area contributed by atoms with Gasteiger partial charge in [0, 0.05) is 57.2 Å². The number of nitrogens with one attached hydrogen (secondary N) is 1. The third-order valence-electron chi connectivity index (χ3n) is 7.29. The van der Waals surface area contributed by atoms with Crippen LogP contribution >= 0.6 is 0 Å². The zero-order valence-corrected chi connectivity index (χ0v) is 22.6. The molecule has 1 amide bonds. The molecule has 2 aliphatic rings. The lowest BCUT2D eigenvalue weighted by Crippen LogP contribution is -2.35. The van der Waals surface area contributed by atoms with E-state index in [0.29, 0.717) is 17.2 Å². The molecule has 2 aromatic carbocycles. The minimum Gasteiger partial charge on any atom is -0.400 e. The van der Waals surface area contributed by atoms with E-state index < -0.39 is 16.9 Å². The minimum atomic E-state index is -0.892. The Morgan fingerprint density at radius 1 is 1.11 bits per heavy atom. The molecule has 3 heterocycles. The quantitative estimate of drug-likeness (QED) is 0.438. The van der Waals surface area contributed by atoms with Crippen LogP contribution in [0.25, 0.3) is 22.0 Å². The Bertz CT molecular complexity index is 1230. The molecule has 0 spiro atoms. The molecule has 37 heavy (non-hydrogen) atoms. The van der Waals surface area contributed by atoms with Gasteiger partial charge >= 0.3 is 0 Å². The standard InChI is InChI=1S/C27H34N4O3S.CH4O/c1-2-35(33)31-8-6-20(7-9-31)25-17-29-26-23(25)15-22(16-24(26)27(28)32)21-5-3-4-19(14-21)18-30-10-12-34-13-11-30;1-2/h3-5,14-17,20,29H,2,6-13,18H2,1H3,(H2,28,32);2H,1H3. The molecule has 2 aliphatic heterocycles. The summed E-state index contributed by atoms with van der Waals surface area (Å²) in [4.78, 5) is 18.1. The molecule has 5 rings (SSSR count). The fraction of sp³-hybridized carbons (Fsp3) is 0.464. The highest BCUT2D eigenvalue weighted by Gasteiger charge is 2.26. The number of morpholine rings is 1. The van der Waals surface area contributed by atoms with Gasteiger partial charge in [-0.3, -0.25) is 9.69 Å². The zero-order chi connectivity index (χ0) is 26.4. The predicted molar refractivity (Wildman–Crippen MR) is 149 cm³/mol. The normalized spacial score (nSPS) is 18.4. The first-order valence-electron chi connectivity index (χ1n) is 13.0. The summed E-state index contributed by atoms with van der Waals surface area (Å²) in [5.41, 5.74) is 11.7. The van der Waals surface area contributed by atoms with Crippen LogP contribution < -0.4 is 5.73 Å². The van der Waals surface area contributed by atoms with Gasteiger partial charge in [-0.2, -0.15) is 0 Å². The molecule has 0 saturated carbocycles. The Morgan fingerprint density at radius 3 is 2.51 bits per heavy atom. The summed E-state index contributed by atoms with van der Waals surface area (Å²) < 4.78 is 19.8. The molecule has 0 bridgehead atoms. The van der Waals surface area contributed by atoms with Gasteiger partial charge in [-0.05, 0) is 59.2 Å². The fourth-order valence-electron chi connectivity index (χ4n) is 5.37. The van der Waals surface area contributed by atoms with Crippen LogP contribution in [0, 0.1) is 0 Å². The van der Waals surface area contributed by atoms with Crippen LogP contribution in [0.1, 0.15) is 47.2 Å². The van der Waals surface area contributed by atoms with E-state index in [-0.39, 0.29) is 0 Å². The van der Waals surface area contributed by atoms with Crippen molar-refractivity contribution in [1.29, 1.82) is 0 Å². The van der Waals surface area contributed by atoms with Crippen LogP contribution in [0.3, 0.4) is 0 Å². The van der Waals surface area contributed by atoms with Crippen LogP contribution in [-0.2, 0) is 22.3 Å². The van der Waals surface area contributed by atoms with Gasteiger partial charge in [0.15, 0.2) is 0 Å². The number of aromatic amines is 1. The number of aliphatic hydroxyl groups is 1. The lowest BCUT2D eigenvalue weighted by Gasteiger charge is -2.30. The maximum absolute atomic E-state index is 12.4. The smallest absolute Gasteiger partial charge is 0.250 e. The molecule has 0 radical (unpaired) electrons. The number of carbonyl (C=O) groups is 1. The number of rotatable bonds is 7. The molecule has 1 unspecified atom stereocenters. The number of hydrogen-bond donors (Lipinski definition) is 3. The van der Waals surface area contributed by atoms with E-state index >= 15 is 0 Å². The lowest BCUT2D eigenvalue weighted by atomic mass is 9.88. The van der Waals surface area contributed by atoms with Crippen LogP contribution in [0.15, 0.2) is 42.6 Å². The molecular weight excluding hydrogens is 488 g/mol. The number of fused-ring (bicyclic) bond motifs is 1. The Balaban J connectivity index is 0.00000156. The van der Waals surface area contributed by atoms with E-state index in [1.807, 2.05) is 19.2 Å². The summed E-state index contributed by atoms with van der Waals surface area (Å²) in [6, 6.07) is 12.7. The Labute approximate surface area is 221 Å². The highest BCUT2D eigenvalue weighted by Crippen LogP contribution is 2.37. The zero-order valence-electron chi connectivity index (χ0n) is 21.7. The van der Waals surface area contributed by atoms with E-state index in [1.165, 1.54) is 11.1 Å². The van der Waals surface area contributed by atoms with Crippen molar-refractivity contribution in [3.05, 3.63) is 59.3 Å². The number of benzene rings is 2. The highest BCUT2D eigenvalue weighted by atomic mass is 32.2. The number of H-pyrrole nitrogens is 1. The van der Waals surface area contributed by atoms with Crippen LogP contribution in [0.2, 0.25) is 0 Å². The van der Waals surface area contributed by atoms with Crippen molar-refractivity contribution in [1.82, 2.24) is 14.2 Å². The number of nitrogens with zero attached hydrogens (tertiary/aromatic N) is 2. The average Bonchev–Trinajstić information content (AvgIpc) is 3.38. The second-order valence-electron chi connectivity index (χ2n) is 9.46. The predicted octanol–water partition coefficient (Wildman–Crippen LogP) is 3.24. The lowest BCUT2D eigenvalue weighted by molar-refractivity contribution is 0.0342. The monoisotopic (exact) mass is 526 g/mol. The van der Waals surface area contributed by atoms with Gasteiger partial charge in [0.2, 0.25) is 0 Å². The first-order valence-corrected chi connectivity index (χ1v) is 14.2. The molecule has 1 atom stereocenters. The van der Waals surface area contributed by atoms with Gasteiger partial charge in [0.25, 0.3) is 5.91 Å². The number of amides is 1. The van der Waals surface area contributed by atoms with Crippen molar-refractivity contribution in [2.24, 2.45) is 5.73 Å². The number of nitrogens with two attached hydrogens (primary N) is 1. The molecule has 1 aromatic heterocycles. The Morgan fingerprint density at radius 2 is 1.84 bits per heavy atom. The van der Waals surface area contributed by atoms with Crippen molar-refractivity contribution >= 4 is 27.8 Å². The van der Waals surface area contributed by atoms with E-state index in [2.05, 4.69) is 44.5 Å². The largest absolute Gasteiger partial charge is 0.400 e. The third-order valence-corrected chi connectivity index (χ3v) is 8.72. The second kappa shape index (κ2) is 12.8. The van der Waals surface area contributed by atoms with Crippen molar-refractivity contribution in [2.45, 2.75) is 32.2 Å². The summed E-state index contributed by atoms with van der Waals surface area (Å²) in [7, 11) is 0.108. The number of aliphatic hydroxyl groups excluding tert-OH is 1. The summed E-state index contributed by atoms with van der Waals surface area (Å²) in [5, 5.41) is 8.06. The minimum absolute atomic E-state index is 0.359. The summed E-state index contributed by atoms with van der Waals surface area (Å²) in [5.74, 6) is 0.591. The number of aromatic nitrogens is 1. The van der Waals surface area contributed by atoms with E-state index in [9.17, 15) is 9.00 Å². The molecular formula is C28H38N4O4S. The van der Waals surface area contributed by atoms with Crippen LogP contribution in [0.4, 0.5) is 0 Å². The van der Waals surface area contributed by atoms with Crippen molar-refractivity contribution in [3.8, 4) is 11.1 Å². The number of carbonyl (C=O) groups excluding carboxylic acids is 1. The topological polar surface area (TPSA) is 112 Å². The number of primary amides is 1. The first-order chi connectivity index (χ1) is 18.0. The summed E-state index contributed by atoms with van der Waals surface area (Å²) >= 11 is 0. The maximum Gasteiger partial charge on any atom is 0.250 e. The number of hydrogen-bond acceptors (Lipinski definition) is 5. The Kier molecular flexibility index (Phi) is 9.50. The van der Waals surface area contributed by atoms with Gasteiger partial charge in [0.05, 0.1) is 35.3 Å². The summed E-state index contributed by atoms with van der Waals surface area (Å²) in [6.45, 7) is 7.94. The fourth-order valence-corrected chi connectivity index (χ4v) is 6.35. The van der Waals surface area contributed by atoms with Crippen LogP contribution in [0.5, 0.6) is 0 Å². The molecule has 0 aliphatic carbocycles. The molecule has 9 heteroatoms.